The summed E-state index contributed by atoms with van der Waals surface area (Å²) in [6, 6.07) is 9.73. The second-order valence-electron chi connectivity index (χ2n) is 4.90. The highest BCUT2D eigenvalue weighted by Gasteiger charge is 2.33. The molecule has 3 aromatic rings. The molecular formula is C16H9Br2NO2S. The predicted molar refractivity (Wildman–Crippen MR) is 94.5 cm³/mol. The largest absolute Gasteiger partial charge is 0.497 e. The van der Waals surface area contributed by atoms with Crippen LogP contribution < -0.4 is 4.74 Å². The van der Waals surface area contributed by atoms with Crippen LogP contribution in [0.3, 0.4) is 0 Å². The van der Waals surface area contributed by atoms with Gasteiger partial charge in [0.15, 0.2) is 0 Å². The molecular weight excluding hydrogens is 430 g/mol. The first kappa shape index (κ1) is 14.2. The molecule has 22 heavy (non-hydrogen) atoms. The lowest BCUT2D eigenvalue weighted by Crippen LogP contribution is -1.94. The highest BCUT2D eigenvalue weighted by atomic mass is 79.9. The van der Waals surface area contributed by atoms with Crippen molar-refractivity contribution in [2.24, 2.45) is 0 Å². The maximum Gasteiger partial charge on any atom is 0.221 e. The lowest BCUT2D eigenvalue weighted by atomic mass is 10.1. The molecule has 0 fully saturated rings. The van der Waals surface area contributed by atoms with Gasteiger partial charge in [0.2, 0.25) is 5.78 Å². The first-order chi connectivity index (χ1) is 10.6. The van der Waals surface area contributed by atoms with E-state index in [1.54, 1.807) is 7.11 Å². The van der Waals surface area contributed by atoms with E-state index in [2.05, 4.69) is 31.9 Å². The monoisotopic (exact) mass is 437 g/mol. The van der Waals surface area contributed by atoms with Crippen LogP contribution in [0.5, 0.6) is 5.75 Å². The van der Waals surface area contributed by atoms with E-state index in [-0.39, 0.29) is 5.78 Å². The van der Waals surface area contributed by atoms with Gasteiger partial charge in [-0.1, -0.05) is 12.1 Å². The van der Waals surface area contributed by atoms with Gasteiger partial charge in [-0.15, -0.1) is 11.3 Å². The summed E-state index contributed by atoms with van der Waals surface area (Å²) in [5.41, 5.74) is 3.75. The van der Waals surface area contributed by atoms with E-state index in [9.17, 15) is 4.79 Å². The molecule has 3 nitrogen and oxygen atoms in total. The van der Waals surface area contributed by atoms with Gasteiger partial charge >= 0.3 is 0 Å². The van der Waals surface area contributed by atoms with E-state index in [0.717, 1.165) is 35.7 Å². The number of carbonyl (C=O) groups excluding carboxylic acids is 1. The second kappa shape index (κ2) is 5.08. The SMILES string of the molecule is COc1ccc(-c2c(Br)sc3c2-n2cc(Br)cc2C3=O)cc1. The van der Waals surface area contributed by atoms with Crippen molar-refractivity contribution in [1.29, 1.82) is 0 Å². The Morgan fingerprint density at radius 1 is 1.18 bits per heavy atom. The molecule has 1 aromatic carbocycles. The molecule has 0 saturated carbocycles. The lowest BCUT2D eigenvalue weighted by molar-refractivity contribution is 0.104. The molecule has 1 aliphatic rings. The number of hydrogen-bond donors (Lipinski definition) is 0. The Morgan fingerprint density at radius 2 is 1.91 bits per heavy atom. The molecule has 0 saturated heterocycles. The van der Waals surface area contributed by atoms with Crippen LogP contribution in [-0.2, 0) is 0 Å². The highest BCUT2D eigenvalue weighted by Crippen LogP contribution is 2.47. The van der Waals surface area contributed by atoms with E-state index in [0.29, 0.717) is 5.69 Å². The van der Waals surface area contributed by atoms with Gasteiger partial charge in [0.1, 0.15) is 10.6 Å². The average molecular weight is 439 g/mol. The maximum atomic E-state index is 12.5. The van der Waals surface area contributed by atoms with E-state index >= 15 is 0 Å². The number of hydrogen-bond acceptors (Lipinski definition) is 3. The van der Waals surface area contributed by atoms with Gasteiger partial charge < -0.3 is 9.30 Å². The normalized spacial score (nSPS) is 12.4. The van der Waals surface area contributed by atoms with Crippen LogP contribution in [-0.4, -0.2) is 17.5 Å². The molecule has 0 N–H and O–H groups in total. The minimum absolute atomic E-state index is 0.0751. The van der Waals surface area contributed by atoms with Crippen LogP contribution >= 0.6 is 43.2 Å². The third-order valence-electron chi connectivity index (χ3n) is 3.69. The van der Waals surface area contributed by atoms with Gasteiger partial charge in [-0.2, -0.15) is 0 Å². The quantitative estimate of drug-likeness (QED) is 0.426. The van der Waals surface area contributed by atoms with Gasteiger partial charge in [0.25, 0.3) is 0 Å². The number of nitrogens with zero attached hydrogens (tertiary/aromatic N) is 1. The topological polar surface area (TPSA) is 31.2 Å². The van der Waals surface area contributed by atoms with Gasteiger partial charge in [-0.25, -0.2) is 0 Å². The fourth-order valence-corrected chi connectivity index (χ4v) is 5.01. The Morgan fingerprint density at radius 3 is 2.59 bits per heavy atom. The van der Waals surface area contributed by atoms with Crippen molar-refractivity contribution < 1.29 is 9.53 Å². The Kier molecular flexibility index (Phi) is 3.29. The Labute approximate surface area is 147 Å². The van der Waals surface area contributed by atoms with Crippen molar-refractivity contribution >= 4 is 49.0 Å². The van der Waals surface area contributed by atoms with Crippen molar-refractivity contribution in [3.63, 3.8) is 0 Å². The Hall–Kier alpha value is -1.37. The standard InChI is InChI=1S/C16H9Br2NO2S/c1-21-10-4-2-8(3-5-10)12-13-15(22-16(12)18)14(20)11-6-9(17)7-19(11)13/h2-7H,1H3. The molecule has 3 heterocycles. The van der Waals surface area contributed by atoms with Crippen molar-refractivity contribution in [2.45, 2.75) is 0 Å². The molecule has 0 spiro atoms. The zero-order valence-corrected chi connectivity index (χ0v) is 15.4. The van der Waals surface area contributed by atoms with E-state index in [4.69, 9.17) is 4.74 Å². The van der Waals surface area contributed by atoms with Gasteiger partial charge in [0, 0.05) is 16.2 Å². The Bertz CT molecular complexity index is 909. The maximum absolute atomic E-state index is 12.5. The fraction of sp³-hybridized carbons (Fsp3) is 0.0625. The predicted octanol–water partition coefficient (Wildman–Crippen LogP) is 5.28. The number of aromatic nitrogens is 1. The number of methoxy groups -OCH3 is 1. The molecule has 2 aromatic heterocycles. The second-order valence-corrected chi connectivity index (χ2v) is 8.15. The van der Waals surface area contributed by atoms with Crippen molar-refractivity contribution in [1.82, 2.24) is 4.57 Å². The molecule has 0 aliphatic carbocycles. The van der Waals surface area contributed by atoms with Crippen LogP contribution in [0.25, 0.3) is 16.8 Å². The number of thiophene rings is 1. The van der Waals surface area contributed by atoms with Gasteiger partial charge in [-0.05, 0) is 55.6 Å². The summed E-state index contributed by atoms with van der Waals surface area (Å²) >= 11 is 8.54. The zero-order valence-electron chi connectivity index (χ0n) is 11.4. The number of halogens is 2. The van der Waals surface area contributed by atoms with E-state index < -0.39 is 0 Å². The number of carbonyl (C=O) groups is 1. The van der Waals surface area contributed by atoms with Crippen LogP contribution in [0.2, 0.25) is 0 Å². The summed E-state index contributed by atoms with van der Waals surface area (Å²) in [5.74, 6) is 0.887. The third-order valence-corrected chi connectivity index (χ3v) is 5.97. The molecule has 0 bridgehead atoms. The summed E-state index contributed by atoms with van der Waals surface area (Å²) in [7, 11) is 1.65. The molecule has 1 aliphatic heterocycles. The van der Waals surface area contributed by atoms with Gasteiger partial charge in [-0.3, -0.25) is 4.79 Å². The zero-order chi connectivity index (χ0) is 15.4. The molecule has 0 radical (unpaired) electrons. The summed E-state index contributed by atoms with van der Waals surface area (Å²) < 4.78 is 9.04. The number of ketones is 1. The number of ether oxygens (including phenoxy) is 1. The summed E-state index contributed by atoms with van der Waals surface area (Å²) in [6.45, 7) is 0. The molecule has 6 heteroatoms. The summed E-state index contributed by atoms with van der Waals surface area (Å²) in [4.78, 5) is 13.3. The molecule has 0 amide bonds. The molecule has 0 unspecified atom stereocenters. The Balaban J connectivity index is 1.96. The average Bonchev–Trinajstić information content (AvgIpc) is 3.12. The van der Waals surface area contributed by atoms with Crippen molar-refractivity contribution in [3.8, 4) is 22.6 Å². The molecule has 110 valence electrons. The fourth-order valence-electron chi connectivity index (χ4n) is 2.69. The smallest absolute Gasteiger partial charge is 0.221 e. The van der Waals surface area contributed by atoms with E-state index in [1.807, 2.05) is 41.1 Å². The van der Waals surface area contributed by atoms with Crippen LogP contribution in [0.15, 0.2) is 44.8 Å². The van der Waals surface area contributed by atoms with Gasteiger partial charge in [0.05, 0.1) is 22.3 Å². The lowest BCUT2D eigenvalue weighted by Gasteiger charge is -2.07. The molecule has 0 atom stereocenters. The minimum Gasteiger partial charge on any atom is -0.497 e. The van der Waals surface area contributed by atoms with Crippen LogP contribution in [0, 0.1) is 0 Å². The number of benzene rings is 1. The first-order valence-corrected chi connectivity index (χ1v) is 8.90. The number of fused-ring (bicyclic) bond motifs is 3. The van der Waals surface area contributed by atoms with Crippen molar-refractivity contribution in [2.75, 3.05) is 7.11 Å². The summed E-state index contributed by atoms with van der Waals surface area (Å²) in [6.07, 6.45) is 1.94. The number of rotatable bonds is 2. The first-order valence-electron chi connectivity index (χ1n) is 6.50. The highest BCUT2D eigenvalue weighted by molar-refractivity contribution is 9.11. The summed E-state index contributed by atoms with van der Waals surface area (Å²) in [5, 5.41) is 0. The van der Waals surface area contributed by atoms with E-state index in [1.165, 1.54) is 11.3 Å². The minimum atomic E-state index is 0.0751. The molecule has 4 rings (SSSR count). The van der Waals surface area contributed by atoms with Crippen LogP contribution in [0.1, 0.15) is 15.4 Å². The van der Waals surface area contributed by atoms with Crippen LogP contribution in [0.4, 0.5) is 0 Å². The van der Waals surface area contributed by atoms with Crippen molar-refractivity contribution in [3.05, 3.63) is 55.4 Å². The third kappa shape index (κ3) is 1.94.